The molecule has 1 aliphatic heterocycles. The molecule has 1 aliphatic rings. The summed E-state index contributed by atoms with van der Waals surface area (Å²) in [6.45, 7) is 0. The molecule has 6 heteroatoms. The first-order chi connectivity index (χ1) is 4.58. The zero-order valence-corrected chi connectivity index (χ0v) is 6.78. The van der Waals surface area contributed by atoms with Crippen molar-refractivity contribution in [1.29, 1.82) is 0 Å². The van der Waals surface area contributed by atoms with Crippen molar-refractivity contribution in [3.63, 3.8) is 0 Å². The lowest BCUT2D eigenvalue weighted by molar-refractivity contribution is 0.413. The van der Waals surface area contributed by atoms with Crippen LogP contribution in [-0.4, -0.2) is 19.3 Å². The fraction of sp³-hybridized carbons (Fsp3) is 0.250. The van der Waals surface area contributed by atoms with E-state index in [9.17, 15) is 8.42 Å². The Morgan fingerprint density at radius 1 is 1.70 bits per heavy atom. The van der Waals surface area contributed by atoms with Crippen LogP contribution in [0, 0.1) is 6.26 Å². The van der Waals surface area contributed by atoms with E-state index in [1.165, 1.54) is 17.0 Å². The molecule has 10 heavy (non-hydrogen) atoms. The van der Waals surface area contributed by atoms with E-state index in [1.807, 2.05) is 0 Å². The lowest BCUT2D eigenvalue weighted by Crippen LogP contribution is -2.28. The fourth-order valence-electron chi connectivity index (χ4n) is 0.514. The van der Waals surface area contributed by atoms with Gasteiger partial charge in [-0.05, 0) is 11.9 Å². The highest BCUT2D eigenvalue weighted by Gasteiger charge is 2.10. The fourth-order valence-corrected chi connectivity index (χ4v) is 1.70. The summed E-state index contributed by atoms with van der Waals surface area (Å²) < 4.78 is 21.1. The third-order valence-electron chi connectivity index (χ3n) is 0.815. The lowest BCUT2D eigenvalue weighted by Gasteiger charge is -2.11. The normalized spacial score (nSPS) is 18.3. The molecule has 57 valence electrons. The average molecular weight is 179 g/mol. The maximum Gasteiger partial charge on any atom is 0.170 e. The largest absolute Gasteiger partial charge is 0.290 e. The van der Waals surface area contributed by atoms with Gasteiger partial charge in [-0.25, -0.2) is 8.42 Å². The van der Waals surface area contributed by atoms with E-state index in [0.717, 1.165) is 0 Å². The first-order valence-corrected chi connectivity index (χ1v) is 5.18. The molecule has 0 saturated carbocycles. The van der Waals surface area contributed by atoms with E-state index < -0.39 is 9.84 Å². The Hall–Kier alpha value is -0.200. The minimum Gasteiger partial charge on any atom is -0.290 e. The summed E-state index contributed by atoms with van der Waals surface area (Å²) in [6.07, 6.45) is 4.63. The molecule has 0 aromatic carbocycles. The number of hydrazine groups is 1. The van der Waals surface area contributed by atoms with Crippen molar-refractivity contribution in [3.05, 3.63) is 17.9 Å². The van der Waals surface area contributed by atoms with Gasteiger partial charge in [0, 0.05) is 11.6 Å². The summed E-state index contributed by atoms with van der Waals surface area (Å²) in [6, 6.07) is 0. The summed E-state index contributed by atoms with van der Waals surface area (Å²) >= 11 is 1.33. The smallest absolute Gasteiger partial charge is 0.170 e. The highest BCUT2D eigenvalue weighted by Crippen LogP contribution is 2.08. The first kappa shape index (κ1) is 7.90. The SMILES string of the molecule is [CH2]S(=O)(=O)CN1C=CSN1. The molecule has 0 spiro atoms. The van der Waals surface area contributed by atoms with Gasteiger partial charge in [0.15, 0.2) is 9.84 Å². The van der Waals surface area contributed by atoms with Crippen LogP contribution >= 0.6 is 11.9 Å². The van der Waals surface area contributed by atoms with Gasteiger partial charge in [-0.2, -0.15) is 4.83 Å². The maximum absolute atomic E-state index is 10.6. The van der Waals surface area contributed by atoms with Gasteiger partial charge in [0.25, 0.3) is 0 Å². The quantitative estimate of drug-likeness (QED) is 0.609. The minimum atomic E-state index is -3.16. The molecule has 4 nitrogen and oxygen atoms in total. The Kier molecular flexibility index (Phi) is 2.22. The van der Waals surface area contributed by atoms with E-state index in [1.54, 1.807) is 11.6 Å². The van der Waals surface area contributed by atoms with Crippen LogP contribution in [0.4, 0.5) is 0 Å². The molecular formula is C4H7N2O2S2. The van der Waals surface area contributed by atoms with Crippen molar-refractivity contribution in [2.24, 2.45) is 0 Å². The van der Waals surface area contributed by atoms with Gasteiger partial charge in [-0.1, -0.05) is 0 Å². The molecule has 0 amide bonds. The van der Waals surface area contributed by atoms with Crippen LogP contribution in [0.25, 0.3) is 0 Å². The predicted octanol–water partition coefficient (Wildman–Crippen LogP) is 0.0899. The highest BCUT2D eigenvalue weighted by molar-refractivity contribution is 8.00. The van der Waals surface area contributed by atoms with Crippen LogP contribution < -0.4 is 4.83 Å². The van der Waals surface area contributed by atoms with Crippen molar-refractivity contribution >= 4 is 21.8 Å². The van der Waals surface area contributed by atoms with E-state index in [2.05, 4.69) is 11.1 Å². The number of nitrogens with zero attached hydrogens (tertiary/aromatic N) is 1. The van der Waals surface area contributed by atoms with Crippen LogP contribution in [0.1, 0.15) is 0 Å². The molecule has 0 aliphatic carbocycles. The molecule has 0 fully saturated rings. The molecule has 1 N–H and O–H groups in total. The van der Waals surface area contributed by atoms with Crippen molar-refractivity contribution in [2.45, 2.75) is 0 Å². The molecule has 0 aromatic rings. The summed E-state index contributed by atoms with van der Waals surface area (Å²) in [5.74, 6) is -0.0868. The van der Waals surface area contributed by atoms with Gasteiger partial charge in [0.1, 0.15) is 5.88 Å². The Bertz CT molecular complexity index is 234. The second kappa shape index (κ2) is 2.81. The summed E-state index contributed by atoms with van der Waals surface area (Å²) in [7, 11) is -3.16. The number of rotatable bonds is 2. The van der Waals surface area contributed by atoms with E-state index in [4.69, 9.17) is 0 Å². The molecule has 1 rings (SSSR count). The Labute approximate surface area is 64.3 Å². The third-order valence-corrected chi connectivity index (χ3v) is 2.08. The Morgan fingerprint density at radius 2 is 2.40 bits per heavy atom. The molecule has 0 unspecified atom stereocenters. The number of hydrogen-bond donors (Lipinski definition) is 1. The summed E-state index contributed by atoms with van der Waals surface area (Å²) in [5, 5.41) is 3.21. The second-order valence-corrected chi connectivity index (χ2v) is 4.27. The van der Waals surface area contributed by atoms with Gasteiger partial charge < -0.3 is 0 Å². The minimum absolute atomic E-state index is 0.0868. The molecule has 0 aromatic heterocycles. The van der Waals surface area contributed by atoms with Crippen molar-refractivity contribution in [3.8, 4) is 0 Å². The predicted molar refractivity (Wildman–Crippen MR) is 40.8 cm³/mol. The molecule has 1 radical (unpaired) electrons. The van der Waals surface area contributed by atoms with Crippen molar-refractivity contribution in [2.75, 3.05) is 5.88 Å². The van der Waals surface area contributed by atoms with Crippen LogP contribution in [0.3, 0.4) is 0 Å². The number of hydrogen-bond acceptors (Lipinski definition) is 5. The van der Waals surface area contributed by atoms with Crippen molar-refractivity contribution < 1.29 is 8.42 Å². The average Bonchev–Trinajstić information content (AvgIpc) is 2.12. The lowest BCUT2D eigenvalue weighted by atomic mass is 11.0. The van der Waals surface area contributed by atoms with Crippen LogP contribution in [0.2, 0.25) is 0 Å². The van der Waals surface area contributed by atoms with Crippen molar-refractivity contribution in [1.82, 2.24) is 9.84 Å². The first-order valence-electron chi connectivity index (χ1n) is 2.48. The molecule has 1 heterocycles. The van der Waals surface area contributed by atoms with Gasteiger partial charge in [-0.15, -0.1) is 0 Å². The second-order valence-electron chi connectivity index (χ2n) is 1.84. The highest BCUT2D eigenvalue weighted by atomic mass is 32.2. The van der Waals surface area contributed by atoms with Gasteiger partial charge in [-0.3, -0.25) is 5.01 Å². The molecular weight excluding hydrogens is 172 g/mol. The Morgan fingerprint density at radius 3 is 2.80 bits per heavy atom. The van der Waals surface area contributed by atoms with E-state index in [0.29, 0.717) is 0 Å². The third kappa shape index (κ3) is 2.59. The summed E-state index contributed by atoms with van der Waals surface area (Å²) in [4.78, 5) is 2.73. The van der Waals surface area contributed by atoms with E-state index in [-0.39, 0.29) is 5.88 Å². The van der Waals surface area contributed by atoms with Crippen LogP contribution in [0.15, 0.2) is 11.6 Å². The molecule has 0 bridgehead atoms. The molecule has 0 atom stereocenters. The Balaban J connectivity index is 2.47. The van der Waals surface area contributed by atoms with Gasteiger partial charge >= 0.3 is 0 Å². The van der Waals surface area contributed by atoms with Gasteiger partial charge in [0.2, 0.25) is 0 Å². The zero-order valence-electron chi connectivity index (χ0n) is 5.15. The number of sulfone groups is 1. The topological polar surface area (TPSA) is 49.4 Å². The van der Waals surface area contributed by atoms with Crippen LogP contribution in [0.5, 0.6) is 0 Å². The maximum atomic E-state index is 10.6. The zero-order chi connectivity index (χ0) is 7.61. The summed E-state index contributed by atoms with van der Waals surface area (Å²) in [5.41, 5.74) is 0. The van der Waals surface area contributed by atoms with Crippen LogP contribution in [-0.2, 0) is 9.84 Å². The monoisotopic (exact) mass is 179 g/mol. The molecule has 0 saturated heterocycles. The van der Waals surface area contributed by atoms with Gasteiger partial charge in [0.05, 0.1) is 6.26 Å². The van der Waals surface area contributed by atoms with E-state index >= 15 is 0 Å². The number of nitrogens with one attached hydrogen (secondary N) is 1. The standard InChI is InChI=1S/C4H7N2O2S2/c1-10(7,8)4-6-2-3-9-5-6/h2-3,5H,1,4H2.